The summed E-state index contributed by atoms with van der Waals surface area (Å²) in [6, 6.07) is 6.12. The maximum Gasteiger partial charge on any atom is 0.242 e. The summed E-state index contributed by atoms with van der Waals surface area (Å²) in [5.41, 5.74) is 6.04. The first-order valence-electron chi connectivity index (χ1n) is 4.79. The highest BCUT2D eigenvalue weighted by atomic mass is 32.2. The zero-order valence-electron chi connectivity index (χ0n) is 9.38. The van der Waals surface area contributed by atoms with Crippen LogP contribution in [0.3, 0.4) is 0 Å². The van der Waals surface area contributed by atoms with Gasteiger partial charge in [-0.05, 0) is 24.3 Å². The van der Waals surface area contributed by atoms with Gasteiger partial charge in [0.2, 0.25) is 10.0 Å². The first-order valence-corrected chi connectivity index (χ1v) is 6.23. The van der Waals surface area contributed by atoms with Crippen LogP contribution in [0.15, 0.2) is 29.2 Å². The van der Waals surface area contributed by atoms with E-state index in [1.165, 1.54) is 30.6 Å². The lowest BCUT2D eigenvalue weighted by Gasteiger charge is -2.16. The van der Waals surface area contributed by atoms with E-state index in [1.807, 2.05) is 0 Å². The van der Waals surface area contributed by atoms with Crippen LogP contribution in [0.25, 0.3) is 0 Å². The van der Waals surface area contributed by atoms with Gasteiger partial charge in [-0.1, -0.05) is 0 Å². The molecule has 0 saturated heterocycles. The third-order valence-electron chi connectivity index (χ3n) is 2.20. The zero-order chi connectivity index (χ0) is 12.2. The van der Waals surface area contributed by atoms with Crippen LogP contribution in [0.5, 0.6) is 0 Å². The van der Waals surface area contributed by atoms with Crippen molar-refractivity contribution in [3.8, 4) is 0 Å². The van der Waals surface area contributed by atoms with Crippen molar-refractivity contribution >= 4 is 15.7 Å². The molecule has 0 fully saturated rings. The molecule has 0 unspecified atom stereocenters. The second kappa shape index (κ2) is 5.29. The third kappa shape index (κ3) is 2.94. The average Bonchev–Trinajstić information content (AvgIpc) is 2.26. The Bertz CT molecular complexity index is 428. The highest BCUT2D eigenvalue weighted by Crippen LogP contribution is 2.15. The van der Waals surface area contributed by atoms with Crippen molar-refractivity contribution in [2.24, 2.45) is 0 Å². The summed E-state index contributed by atoms with van der Waals surface area (Å²) in [5, 5.41) is 0. The van der Waals surface area contributed by atoms with Crippen molar-refractivity contribution in [1.82, 2.24) is 4.31 Å². The second-order valence-corrected chi connectivity index (χ2v) is 5.43. The molecule has 0 radical (unpaired) electrons. The molecule has 1 aromatic carbocycles. The van der Waals surface area contributed by atoms with Crippen molar-refractivity contribution in [2.45, 2.75) is 4.90 Å². The topological polar surface area (TPSA) is 72.6 Å². The molecule has 0 aliphatic rings. The number of rotatable bonds is 5. The number of nitrogens with zero attached hydrogens (tertiary/aromatic N) is 1. The van der Waals surface area contributed by atoms with E-state index in [0.29, 0.717) is 18.8 Å². The summed E-state index contributed by atoms with van der Waals surface area (Å²) in [7, 11) is -0.380. The van der Waals surface area contributed by atoms with Crippen LogP contribution >= 0.6 is 0 Å². The molecule has 0 atom stereocenters. The Hall–Kier alpha value is -1.11. The van der Waals surface area contributed by atoms with Gasteiger partial charge in [-0.15, -0.1) is 0 Å². The van der Waals surface area contributed by atoms with Crippen molar-refractivity contribution in [3.63, 3.8) is 0 Å². The van der Waals surface area contributed by atoms with Crippen molar-refractivity contribution in [1.29, 1.82) is 0 Å². The largest absolute Gasteiger partial charge is 0.399 e. The lowest BCUT2D eigenvalue weighted by atomic mass is 10.3. The van der Waals surface area contributed by atoms with Gasteiger partial charge in [0, 0.05) is 26.4 Å². The van der Waals surface area contributed by atoms with Gasteiger partial charge in [0.15, 0.2) is 0 Å². The van der Waals surface area contributed by atoms with Gasteiger partial charge in [0.25, 0.3) is 0 Å². The molecule has 5 nitrogen and oxygen atoms in total. The van der Waals surface area contributed by atoms with Gasteiger partial charge in [-0.25, -0.2) is 8.42 Å². The normalized spacial score (nSPS) is 11.9. The average molecular weight is 244 g/mol. The lowest BCUT2D eigenvalue weighted by molar-refractivity contribution is 0.185. The Morgan fingerprint density at radius 2 is 1.88 bits per heavy atom. The van der Waals surface area contributed by atoms with E-state index in [2.05, 4.69) is 0 Å². The van der Waals surface area contributed by atoms with Crippen LogP contribution in [-0.4, -0.2) is 40.0 Å². The molecular weight excluding hydrogens is 228 g/mol. The van der Waals surface area contributed by atoms with E-state index < -0.39 is 10.0 Å². The lowest BCUT2D eigenvalue weighted by Crippen LogP contribution is -2.30. The molecule has 0 aliphatic heterocycles. The van der Waals surface area contributed by atoms with Crippen LogP contribution in [0.1, 0.15) is 0 Å². The summed E-state index contributed by atoms with van der Waals surface area (Å²) in [6.45, 7) is 0.688. The fourth-order valence-electron chi connectivity index (χ4n) is 1.16. The van der Waals surface area contributed by atoms with Gasteiger partial charge in [0.1, 0.15) is 0 Å². The molecule has 1 rings (SSSR count). The standard InChI is InChI=1S/C10H16N2O3S/c1-12(7-8-15-2)16(13,14)10-5-3-9(11)4-6-10/h3-6H,7-8,11H2,1-2H3. The van der Waals surface area contributed by atoms with Crippen molar-refractivity contribution < 1.29 is 13.2 Å². The van der Waals surface area contributed by atoms with Crippen LogP contribution in [-0.2, 0) is 14.8 Å². The first-order chi connectivity index (χ1) is 7.48. The van der Waals surface area contributed by atoms with Gasteiger partial charge >= 0.3 is 0 Å². The molecule has 0 bridgehead atoms. The summed E-state index contributed by atoms with van der Waals surface area (Å²) in [6.07, 6.45) is 0. The molecule has 0 amide bonds. The SMILES string of the molecule is COCCN(C)S(=O)(=O)c1ccc(N)cc1. The zero-order valence-corrected chi connectivity index (χ0v) is 10.2. The van der Waals surface area contributed by atoms with Crippen LogP contribution < -0.4 is 5.73 Å². The molecule has 2 N–H and O–H groups in total. The van der Waals surface area contributed by atoms with Gasteiger partial charge in [-0.3, -0.25) is 0 Å². The highest BCUT2D eigenvalue weighted by molar-refractivity contribution is 7.89. The number of hydrogen-bond donors (Lipinski definition) is 1. The molecule has 1 aromatic rings. The Balaban J connectivity index is 2.89. The molecule has 0 aliphatic carbocycles. The number of methoxy groups -OCH3 is 1. The second-order valence-electron chi connectivity index (χ2n) is 3.39. The number of nitrogens with two attached hydrogens (primary N) is 1. The third-order valence-corrected chi connectivity index (χ3v) is 4.07. The van der Waals surface area contributed by atoms with E-state index in [4.69, 9.17) is 10.5 Å². The number of hydrogen-bond acceptors (Lipinski definition) is 4. The molecule has 0 heterocycles. The smallest absolute Gasteiger partial charge is 0.242 e. The Morgan fingerprint density at radius 1 is 1.31 bits per heavy atom. The van der Waals surface area contributed by atoms with Gasteiger partial charge < -0.3 is 10.5 Å². The minimum Gasteiger partial charge on any atom is -0.399 e. The van der Waals surface area contributed by atoms with Gasteiger partial charge in [-0.2, -0.15) is 4.31 Å². The predicted octanol–water partition coefficient (Wildman–Crippen LogP) is 0.536. The molecular formula is C10H16N2O3S. The number of anilines is 1. The fourth-order valence-corrected chi connectivity index (χ4v) is 2.31. The van der Waals surface area contributed by atoms with E-state index >= 15 is 0 Å². The van der Waals surface area contributed by atoms with Crippen molar-refractivity contribution in [3.05, 3.63) is 24.3 Å². The van der Waals surface area contributed by atoms with E-state index in [1.54, 1.807) is 12.1 Å². The highest BCUT2D eigenvalue weighted by Gasteiger charge is 2.19. The first kappa shape index (κ1) is 13.0. The Morgan fingerprint density at radius 3 is 2.38 bits per heavy atom. The molecule has 90 valence electrons. The molecule has 0 spiro atoms. The minimum atomic E-state index is -3.43. The summed E-state index contributed by atoms with van der Waals surface area (Å²) < 4.78 is 30.0. The predicted molar refractivity (Wildman–Crippen MR) is 62.5 cm³/mol. The summed E-state index contributed by atoms with van der Waals surface area (Å²) >= 11 is 0. The maximum absolute atomic E-state index is 12.0. The Kier molecular flexibility index (Phi) is 4.28. The summed E-state index contributed by atoms with van der Waals surface area (Å²) in [5.74, 6) is 0. The molecule has 6 heteroatoms. The number of ether oxygens (including phenoxy) is 1. The van der Waals surface area contributed by atoms with E-state index in [0.717, 1.165) is 0 Å². The number of sulfonamides is 1. The van der Waals surface area contributed by atoms with Crippen LogP contribution in [0.2, 0.25) is 0 Å². The van der Waals surface area contributed by atoms with E-state index in [9.17, 15) is 8.42 Å². The molecule has 0 aromatic heterocycles. The number of nitrogen functional groups attached to an aromatic ring is 1. The molecule has 16 heavy (non-hydrogen) atoms. The van der Waals surface area contributed by atoms with Gasteiger partial charge in [0.05, 0.1) is 11.5 Å². The van der Waals surface area contributed by atoms with Crippen LogP contribution in [0.4, 0.5) is 5.69 Å². The Labute approximate surface area is 95.9 Å². The molecule has 0 saturated carbocycles. The number of likely N-dealkylation sites (N-methyl/N-ethyl adjacent to an activating group) is 1. The van der Waals surface area contributed by atoms with Crippen molar-refractivity contribution in [2.75, 3.05) is 33.0 Å². The minimum absolute atomic E-state index is 0.236. The fraction of sp³-hybridized carbons (Fsp3) is 0.400. The number of benzene rings is 1. The van der Waals surface area contributed by atoms with Crippen LogP contribution in [0, 0.1) is 0 Å². The maximum atomic E-state index is 12.0. The van der Waals surface area contributed by atoms with E-state index in [-0.39, 0.29) is 4.90 Å². The summed E-state index contributed by atoms with van der Waals surface area (Å²) in [4.78, 5) is 0.236. The quantitative estimate of drug-likeness (QED) is 0.767. The monoisotopic (exact) mass is 244 g/mol.